The molecule has 92 valence electrons. The summed E-state index contributed by atoms with van der Waals surface area (Å²) in [6.45, 7) is 5.63. The minimum Gasteiger partial charge on any atom is -0.351 e. The molecule has 2 aliphatic rings. The van der Waals surface area contributed by atoms with E-state index < -0.39 is 5.67 Å². The molecule has 1 fully saturated rings. The zero-order valence-electron chi connectivity index (χ0n) is 10.2. The van der Waals surface area contributed by atoms with E-state index >= 15 is 0 Å². The smallest absolute Gasteiger partial charge is 0.117 e. The van der Waals surface area contributed by atoms with Gasteiger partial charge in [0.1, 0.15) is 5.67 Å². The van der Waals surface area contributed by atoms with Crippen molar-refractivity contribution >= 4 is 16.3 Å². The van der Waals surface area contributed by atoms with Crippen molar-refractivity contribution in [2.24, 2.45) is 5.92 Å². The van der Waals surface area contributed by atoms with Crippen LogP contribution in [0.25, 0.3) is 0 Å². The van der Waals surface area contributed by atoms with Gasteiger partial charge < -0.3 is 5.32 Å². The van der Waals surface area contributed by atoms with Crippen LogP contribution in [-0.2, 0) is 12.8 Å². The third-order valence-electron chi connectivity index (χ3n) is 3.87. The highest BCUT2D eigenvalue weighted by molar-refractivity contribution is 7.16. The van der Waals surface area contributed by atoms with Gasteiger partial charge in [0.15, 0.2) is 0 Å². The van der Waals surface area contributed by atoms with Crippen molar-refractivity contribution in [2.45, 2.75) is 44.7 Å². The van der Waals surface area contributed by atoms with Crippen LogP contribution in [-0.4, -0.2) is 5.67 Å². The number of fused-ring (bicyclic) bond motifs is 1. The molecule has 1 nitrogen and oxygen atoms in total. The fraction of sp³-hybridized carbons (Fsp3) is 0.571. The van der Waals surface area contributed by atoms with Gasteiger partial charge in [-0.25, -0.2) is 4.39 Å². The number of halogens is 1. The SMILES string of the molecule is C=C(Nc1cc2c(s1)CCCC2)C1CC1(C)F. The van der Waals surface area contributed by atoms with E-state index in [1.54, 1.807) is 6.92 Å². The van der Waals surface area contributed by atoms with Gasteiger partial charge in [-0.05, 0) is 50.7 Å². The fourth-order valence-corrected chi connectivity index (χ4v) is 3.81. The fourth-order valence-electron chi connectivity index (χ4n) is 2.62. The Bertz CT molecular complexity index is 437. The Hall–Kier alpha value is -0.830. The Morgan fingerprint density at radius 3 is 2.88 bits per heavy atom. The molecule has 17 heavy (non-hydrogen) atoms. The first-order valence-electron chi connectivity index (χ1n) is 6.32. The van der Waals surface area contributed by atoms with Gasteiger partial charge in [-0.3, -0.25) is 0 Å². The number of hydrogen-bond donors (Lipinski definition) is 1. The number of hydrogen-bond acceptors (Lipinski definition) is 2. The zero-order chi connectivity index (χ0) is 12.0. The first kappa shape index (κ1) is 11.3. The average molecular weight is 251 g/mol. The molecule has 0 bridgehead atoms. The molecule has 3 heteroatoms. The highest BCUT2D eigenvalue weighted by Gasteiger charge is 2.52. The summed E-state index contributed by atoms with van der Waals surface area (Å²) in [5.41, 5.74) is 1.30. The first-order valence-corrected chi connectivity index (χ1v) is 7.14. The largest absolute Gasteiger partial charge is 0.351 e. The Labute approximate surface area is 106 Å². The molecule has 3 rings (SSSR count). The predicted molar refractivity (Wildman–Crippen MR) is 71.3 cm³/mol. The summed E-state index contributed by atoms with van der Waals surface area (Å²) in [6, 6.07) is 2.22. The third-order valence-corrected chi connectivity index (χ3v) is 5.02. The van der Waals surface area contributed by atoms with Crippen molar-refractivity contribution < 1.29 is 4.39 Å². The van der Waals surface area contributed by atoms with Gasteiger partial charge in [-0.15, -0.1) is 11.3 Å². The molecule has 0 saturated heterocycles. The summed E-state index contributed by atoms with van der Waals surface area (Å²) in [5, 5.41) is 4.44. The second-order valence-corrected chi connectivity index (χ2v) is 6.59. The van der Waals surface area contributed by atoms with E-state index in [4.69, 9.17) is 0 Å². The lowest BCUT2D eigenvalue weighted by Crippen LogP contribution is -2.05. The molecule has 1 N–H and O–H groups in total. The summed E-state index contributed by atoms with van der Waals surface area (Å²) in [4.78, 5) is 1.50. The van der Waals surface area contributed by atoms with Crippen LogP contribution in [0.15, 0.2) is 18.3 Å². The topological polar surface area (TPSA) is 12.0 Å². The number of rotatable bonds is 3. The minimum absolute atomic E-state index is 0.00151. The van der Waals surface area contributed by atoms with Crippen molar-refractivity contribution in [2.75, 3.05) is 5.32 Å². The molecule has 1 aromatic heterocycles. The summed E-state index contributed by atoms with van der Waals surface area (Å²) >= 11 is 1.81. The van der Waals surface area contributed by atoms with Crippen LogP contribution in [0.5, 0.6) is 0 Å². The molecule has 2 atom stereocenters. The van der Waals surface area contributed by atoms with Crippen molar-refractivity contribution in [3.05, 3.63) is 28.8 Å². The Balaban J connectivity index is 1.69. The average Bonchev–Trinajstić information content (AvgIpc) is 2.73. The number of nitrogens with one attached hydrogen (secondary N) is 1. The Morgan fingerprint density at radius 2 is 2.24 bits per heavy atom. The minimum atomic E-state index is -1.03. The number of aryl methyl sites for hydroxylation is 2. The molecule has 1 aromatic rings. The lowest BCUT2D eigenvalue weighted by atomic mass is 10.00. The lowest BCUT2D eigenvalue weighted by Gasteiger charge is -2.08. The van der Waals surface area contributed by atoms with E-state index in [0.717, 1.165) is 10.7 Å². The molecule has 1 heterocycles. The molecular weight excluding hydrogens is 233 g/mol. The van der Waals surface area contributed by atoms with Crippen LogP contribution in [0.2, 0.25) is 0 Å². The molecular formula is C14H18FNS. The third kappa shape index (κ3) is 2.13. The highest BCUT2D eigenvalue weighted by Crippen LogP contribution is 2.51. The summed E-state index contributed by atoms with van der Waals surface area (Å²) in [7, 11) is 0. The maximum Gasteiger partial charge on any atom is 0.117 e. The number of thiophene rings is 1. The molecule has 0 amide bonds. The van der Waals surface area contributed by atoms with E-state index in [-0.39, 0.29) is 5.92 Å². The van der Waals surface area contributed by atoms with Crippen molar-refractivity contribution in [3.8, 4) is 0 Å². The molecule has 2 aliphatic carbocycles. The van der Waals surface area contributed by atoms with E-state index in [0.29, 0.717) is 6.42 Å². The van der Waals surface area contributed by atoms with Gasteiger partial charge in [-0.1, -0.05) is 6.58 Å². The summed E-state index contributed by atoms with van der Waals surface area (Å²) < 4.78 is 13.5. The van der Waals surface area contributed by atoms with E-state index in [1.807, 2.05) is 11.3 Å². The standard InChI is InChI=1S/C14H18FNS/c1-9(11-8-14(11,2)15)16-13-7-10-5-3-4-6-12(10)17-13/h7,11,16H,1,3-6,8H2,2H3. The summed E-state index contributed by atoms with van der Waals surface area (Å²) in [6.07, 6.45) is 5.63. The van der Waals surface area contributed by atoms with Crippen LogP contribution in [0.3, 0.4) is 0 Å². The van der Waals surface area contributed by atoms with Crippen molar-refractivity contribution in [1.29, 1.82) is 0 Å². The van der Waals surface area contributed by atoms with E-state index in [1.165, 1.54) is 36.1 Å². The van der Waals surface area contributed by atoms with Gasteiger partial charge >= 0.3 is 0 Å². The van der Waals surface area contributed by atoms with Gasteiger partial charge in [0.25, 0.3) is 0 Å². The predicted octanol–water partition coefficient (Wildman–Crippen LogP) is 4.30. The van der Waals surface area contributed by atoms with Gasteiger partial charge in [-0.2, -0.15) is 0 Å². The zero-order valence-corrected chi connectivity index (χ0v) is 11.0. The number of allylic oxidation sites excluding steroid dienone is 1. The molecule has 1 saturated carbocycles. The Morgan fingerprint density at radius 1 is 1.53 bits per heavy atom. The number of anilines is 1. The van der Waals surface area contributed by atoms with E-state index in [2.05, 4.69) is 18.0 Å². The van der Waals surface area contributed by atoms with Crippen LogP contribution in [0, 0.1) is 5.92 Å². The first-order chi connectivity index (χ1) is 8.06. The molecule has 2 unspecified atom stereocenters. The van der Waals surface area contributed by atoms with Crippen LogP contribution < -0.4 is 5.32 Å². The van der Waals surface area contributed by atoms with Crippen molar-refractivity contribution in [3.63, 3.8) is 0 Å². The quantitative estimate of drug-likeness (QED) is 0.844. The molecule has 0 aliphatic heterocycles. The van der Waals surface area contributed by atoms with Crippen LogP contribution in [0.1, 0.15) is 36.6 Å². The van der Waals surface area contributed by atoms with Gasteiger partial charge in [0, 0.05) is 16.5 Å². The molecule has 0 aromatic carbocycles. The second-order valence-electron chi connectivity index (χ2n) is 5.45. The second kappa shape index (κ2) is 3.84. The maximum atomic E-state index is 13.5. The van der Waals surface area contributed by atoms with Crippen molar-refractivity contribution in [1.82, 2.24) is 0 Å². The highest BCUT2D eigenvalue weighted by atomic mass is 32.1. The summed E-state index contributed by atoms with van der Waals surface area (Å²) in [5.74, 6) is 0.00151. The molecule has 0 spiro atoms. The van der Waals surface area contributed by atoms with E-state index in [9.17, 15) is 4.39 Å². The van der Waals surface area contributed by atoms with Crippen LogP contribution >= 0.6 is 11.3 Å². The van der Waals surface area contributed by atoms with Crippen LogP contribution in [0.4, 0.5) is 9.39 Å². The maximum absolute atomic E-state index is 13.5. The van der Waals surface area contributed by atoms with Gasteiger partial charge in [0.05, 0.1) is 5.00 Å². The normalized spacial score (nSPS) is 30.8. The van der Waals surface area contributed by atoms with Gasteiger partial charge in [0.2, 0.25) is 0 Å². The Kier molecular flexibility index (Phi) is 2.54. The lowest BCUT2D eigenvalue weighted by molar-refractivity contribution is 0.320. The molecule has 0 radical (unpaired) electrons. The monoisotopic (exact) mass is 251 g/mol. The number of alkyl halides is 1.